The standard InChI is InChI=1S/C21H35N6O9PS/c1-11(2)26-37(33,34-6-7-38-18(31)20(3,4)9-28)35-8-12-14(29)21(5,32)17(36-12)27-10-23-13-15(27)24-19(22)25-16(13)30/h10-12,14,17,28-29,32H,6-9H2,1-5H3,(H,26,33)(H3,22,24,25,30)/t12-,14-,17-,21-,37?/m1/s1. The zero-order valence-electron chi connectivity index (χ0n) is 21.8. The molecule has 3 rings (SSSR count). The molecule has 0 aliphatic carbocycles. The number of hydrogen-bond acceptors (Lipinski definition) is 13. The van der Waals surface area contributed by atoms with Crippen molar-refractivity contribution >= 4 is 41.7 Å². The Morgan fingerprint density at radius 1 is 1.45 bits per heavy atom. The van der Waals surface area contributed by atoms with Crippen molar-refractivity contribution in [1.29, 1.82) is 0 Å². The van der Waals surface area contributed by atoms with Gasteiger partial charge in [-0.1, -0.05) is 11.8 Å². The Morgan fingerprint density at radius 2 is 2.13 bits per heavy atom. The molecule has 3 heterocycles. The van der Waals surface area contributed by atoms with Gasteiger partial charge in [0.05, 0.1) is 31.6 Å². The van der Waals surface area contributed by atoms with Gasteiger partial charge in [-0.2, -0.15) is 4.98 Å². The fourth-order valence-corrected chi connectivity index (χ4v) is 6.11. The van der Waals surface area contributed by atoms with Crippen LogP contribution in [0.2, 0.25) is 0 Å². The van der Waals surface area contributed by atoms with Crippen molar-refractivity contribution in [3.05, 3.63) is 16.7 Å². The highest BCUT2D eigenvalue weighted by Crippen LogP contribution is 2.47. The summed E-state index contributed by atoms with van der Waals surface area (Å²) in [5.41, 5.74) is 2.26. The monoisotopic (exact) mass is 578 g/mol. The molecule has 2 aromatic heterocycles. The van der Waals surface area contributed by atoms with Crippen LogP contribution in [-0.4, -0.2) is 89.4 Å². The van der Waals surface area contributed by atoms with Crippen LogP contribution in [0.15, 0.2) is 11.1 Å². The fraction of sp³-hybridized carbons (Fsp3) is 0.714. The van der Waals surface area contributed by atoms with E-state index in [1.54, 1.807) is 27.7 Å². The quantitative estimate of drug-likeness (QED) is 0.145. The Morgan fingerprint density at radius 3 is 2.76 bits per heavy atom. The molecule has 0 radical (unpaired) electrons. The maximum Gasteiger partial charge on any atom is 0.405 e. The number of fused-ring (bicyclic) bond motifs is 1. The number of H-pyrrole nitrogens is 1. The number of aromatic amines is 1. The molecule has 17 heteroatoms. The normalized spacial score (nSPS) is 25.8. The molecular weight excluding hydrogens is 543 g/mol. The summed E-state index contributed by atoms with van der Waals surface area (Å²) in [4.78, 5) is 34.7. The van der Waals surface area contributed by atoms with E-state index in [0.717, 1.165) is 11.8 Å². The summed E-state index contributed by atoms with van der Waals surface area (Å²) < 4.78 is 31.5. The van der Waals surface area contributed by atoms with Crippen LogP contribution in [0.4, 0.5) is 5.95 Å². The van der Waals surface area contributed by atoms with E-state index in [1.807, 2.05) is 0 Å². The lowest BCUT2D eigenvalue weighted by Crippen LogP contribution is -2.44. The molecule has 1 aliphatic rings. The predicted molar refractivity (Wildman–Crippen MR) is 139 cm³/mol. The highest BCUT2D eigenvalue weighted by atomic mass is 32.2. The van der Waals surface area contributed by atoms with Crippen molar-refractivity contribution in [3.8, 4) is 0 Å². The number of nitrogen functional groups attached to an aromatic ring is 1. The molecule has 0 saturated carbocycles. The second-order valence-corrected chi connectivity index (χ2v) is 12.9. The molecule has 1 unspecified atom stereocenters. The lowest BCUT2D eigenvalue weighted by molar-refractivity contribution is -0.119. The average Bonchev–Trinajstić information content (AvgIpc) is 3.33. The van der Waals surface area contributed by atoms with Crippen molar-refractivity contribution in [2.45, 2.75) is 64.7 Å². The minimum Gasteiger partial charge on any atom is -0.395 e. The Kier molecular flexibility index (Phi) is 9.44. The van der Waals surface area contributed by atoms with Crippen LogP contribution >= 0.6 is 19.5 Å². The third-order valence-corrected chi connectivity index (χ3v) is 8.84. The molecule has 2 aromatic rings. The van der Waals surface area contributed by atoms with Crippen LogP contribution in [0.3, 0.4) is 0 Å². The molecule has 38 heavy (non-hydrogen) atoms. The van der Waals surface area contributed by atoms with Gasteiger partial charge in [-0.25, -0.2) is 14.6 Å². The number of carbonyl (C=O) groups is 1. The number of nitrogens with one attached hydrogen (secondary N) is 2. The van der Waals surface area contributed by atoms with Crippen LogP contribution in [-0.2, 0) is 23.1 Å². The smallest absolute Gasteiger partial charge is 0.395 e. The summed E-state index contributed by atoms with van der Waals surface area (Å²) in [5.74, 6) is -0.00233. The van der Waals surface area contributed by atoms with Gasteiger partial charge in [0.15, 0.2) is 22.5 Å². The number of thioether (sulfide) groups is 1. The molecule has 0 aromatic carbocycles. The van der Waals surface area contributed by atoms with Gasteiger partial charge in [0.1, 0.15) is 17.8 Å². The van der Waals surface area contributed by atoms with Gasteiger partial charge in [-0.15, -0.1) is 0 Å². The van der Waals surface area contributed by atoms with Crippen molar-refractivity contribution in [2.75, 3.05) is 31.3 Å². The first kappa shape index (κ1) is 30.7. The molecule has 0 amide bonds. The SMILES string of the molecule is CC(C)NP(=O)(OCCSC(=O)C(C)(C)CO)OC[C@H]1O[C@@H](n2cnc3c(=O)[nH]c(N)nc32)[C@](C)(O)[C@@H]1O. The van der Waals surface area contributed by atoms with E-state index < -0.39 is 49.4 Å². The van der Waals surface area contributed by atoms with E-state index in [0.29, 0.717) is 0 Å². The summed E-state index contributed by atoms with van der Waals surface area (Å²) in [6.07, 6.45) is -2.66. The number of hydrogen-bond donors (Lipinski definition) is 6. The van der Waals surface area contributed by atoms with Gasteiger partial charge in [0.2, 0.25) is 5.95 Å². The maximum atomic E-state index is 13.3. The number of nitrogens with zero attached hydrogens (tertiary/aromatic N) is 3. The molecule has 0 bridgehead atoms. The molecule has 5 atom stereocenters. The topological polar surface area (TPSA) is 224 Å². The highest BCUT2D eigenvalue weighted by molar-refractivity contribution is 8.13. The maximum absolute atomic E-state index is 13.3. The van der Waals surface area contributed by atoms with E-state index in [-0.39, 0.29) is 47.2 Å². The summed E-state index contributed by atoms with van der Waals surface area (Å²) in [6, 6.07) is -0.305. The van der Waals surface area contributed by atoms with Crippen molar-refractivity contribution in [1.82, 2.24) is 24.6 Å². The van der Waals surface area contributed by atoms with Crippen LogP contribution in [0.1, 0.15) is 40.8 Å². The van der Waals surface area contributed by atoms with Gasteiger partial charge < -0.3 is 25.8 Å². The van der Waals surface area contributed by atoms with E-state index in [1.165, 1.54) is 17.8 Å². The molecular formula is C21H35N6O9PS. The minimum atomic E-state index is -3.93. The Bertz CT molecular complexity index is 1250. The van der Waals surface area contributed by atoms with Crippen molar-refractivity contribution in [3.63, 3.8) is 0 Å². The predicted octanol–water partition coefficient (Wildman–Crippen LogP) is 0.129. The molecule has 1 aliphatic heterocycles. The minimum absolute atomic E-state index is 0.0365. The molecule has 7 N–H and O–H groups in total. The summed E-state index contributed by atoms with van der Waals surface area (Å²) in [7, 11) is -3.93. The number of aromatic nitrogens is 4. The van der Waals surface area contributed by atoms with Gasteiger partial charge in [-0.05, 0) is 34.6 Å². The van der Waals surface area contributed by atoms with E-state index >= 15 is 0 Å². The van der Waals surface area contributed by atoms with E-state index in [2.05, 4.69) is 20.0 Å². The van der Waals surface area contributed by atoms with Gasteiger partial charge in [0, 0.05) is 11.8 Å². The van der Waals surface area contributed by atoms with E-state index in [9.17, 15) is 29.5 Å². The van der Waals surface area contributed by atoms with Crippen LogP contribution in [0.25, 0.3) is 11.2 Å². The first-order chi connectivity index (χ1) is 17.6. The Labute approximate surface area is 223 Å². The Balaban J connectivity index is 1.69. The highest BCUT2D eigenvalue weighted by Gasteiger charge is 2.54. The molecule has 0 spiro atoms. The average molecular weight is 579 g/mol. The number of imidazole rings is 1. The number of carbonyl (C=O) groups excluding carboxylic acids is 1. The summed E-state index contributed by atoms with van der Waals surface area (Å²) in [5, 5.41) is 33.7. The Hall–Kier alpha value is -1.88. The first-order valence-electron chi connectivity index (χ1n) is 11.8. The summed E-state index contributed by atoms with van der Waals surface area (Å²) >= 11 is 0.939. The van der Waals surface area contributed by atoms with Crippen LogP contribution < -0.4 is 16.4 Å². The first-order valence-corrected chi connectivity index (χ1v) is 14.4. The van der Waals surface area contributed by atoms with Gasteiger partial charge >= 0.3 is 7.75 Å². The fourth-order valence-electron chi connectivity index (χ4n) is 3.64. The second kappa shape index (κ2) is 11.7. The largest absolute Gasteiger partial charge is 0.405 e. The lowest BCUT2D eigenvalue weighted by Gasteiger charge is -2.27. The molecule has 1 saturated heterocycles. The second-order valence-electron chi connectivity index (χ2n) is 10.1. The number of aliphatic hydroxyl groups excluding tert-OH is 2. The third-order valence-electron chi connectivity index (χ3n) is 5.81. The van der Waals surface area contributed by atoms with Crippen LogP contribution in [0.5, 0.6) is 0 Å². The molecule has 1 fully saturated rings. The van der Waals surface area contributed by atoms with Crippen molar-refractivity contribution < 1.29 is 38.5 Å². The summed E-state index contributed by atoms with van der Waals surface area (Å²) in [6.45, 7) is 7.17. The van der Waals surface area contributed by atoms with Gasteiger partial charge in [0.25, 0.3) is 5.56 Å². The molecule has 15 nitrogen and oxygen atoms in total. The number of rotatable bonds is 12. The number of aliphatic hydroxyl groups is 3. The molecule has 214 valence electrons. The van der Waals surface area contributed by atoms with Gasteiger partial charge in [-0.3, -0.25) is 28.2 Å². The number of nitrogens with two attached hydrogens (primary N) is 1. The zero-order chi connectivity index (χ0) is 28.5. The third kappa shape index (κ3) is 6.63. The lowest BCUT2D eigenvalue weighted by atomic mass is 9.96. The number of ether oxygens (including phenoxy) is 1. The van der Waals surface area contributed by atoms with Crippen LogP contribution in [0, 0.1) is 5.41 Å². The number of anilines is 1. The van der Waals surface area contributed by atoms with Crippen molar-refractivity contribution in [2.24, 2.45) is 5.41 Å². The zero-order valence-corrected chi connectivity index (χ0v) is 23.5. The van der Waals surface area contributed by atoms with E-state index in [4.69, 9.17) is 19.5 Å².